The van der Waals surface area contributed by atoms with Crippen molar-refractivity contribution in [1.29, 1.82) is 0 Å². The Morgan fingerprint density at radius 2 is 2.16 bits per heavy atom. The summed E-state index contributed by atoms with van der Waals surface area (Å²) in [6.07, 6.45) is 0.869. The molecule has 5 nitrogen and oxygen atoms in total. The molecular weight excluding hydrogens is 244 g/mol. The van der Waals surface area contributed by atoms with E-state index in [0.717, 1.165) is 11.1 Å². The standard InChI is InChI=1S/C14H16N2O3/c17-11-7-8-3-1-2-4-9(8)13(11)16-14(19)10-5-6-12(18)15-10/h1-4,10-11,13,17H,5-7H2,(H,15,18)(H,16,19)/t10?,11-,13+/m1/s1. The van der Waals surface area contributed by atoms with Crippen LogP contribution in [0.2, 0.25) is 0 Å². The van der Waals surface area contributed by atoms with Gasteiger partial charge in [0.05, 0.1) is 12.1 Å². The average molecular weight is 260 g/mol. The molecular formula is C14H16N2O3. The minimum absolute atomic E-state index is 0.0903. The van der Waals surface area contributed by atoms with Gasteiger partial charge < -0.3 is 15.7 Å². The molecule has 2 aliphatic rings. The van der Waals surface area contributed by atoms with Gasteiger partial charge in [0.1, 0.15) is 6.04 Å². The first-order valence-electron chi connectivity index (χ1n) is 6.51. The minimum Gasteiger partial charge on any atom is -0.390 e. The molecule has 100 valence electrons. The molecule has 0 spiro atoms. The summed E-state index contributed by atoms with van der Waals surface area (Å²) in [6, 6.07) is 6.86. The summed E-state index contributed by atoms with van der Waals surface area (Å²) in [5, 5.41) is 15.5. The van der Waals surface area contributed by atoms with Crippen molar-refractivity contribution >= 4 is 11.8 Å². The molecule has 1 fully saturated rings. The van der Waals surface area contributed by atoms with Crippen LogP contribution in [0.4, 0.5) is 0 Å². The van der Waals surface area contributed by atoms with E-state index >= 15 is 0 Å². The van der Waals surface area contributed by atoms with Crippen molar-refractivity contribution in [3.8, 4) is 0 Å². The van der Waals surface area contributed by atoms with Crippen LogP contribution in [0.5, 0.6) is 0 Å². The molecule has 0 saturated carbocycles. The van der Waals surface area contributed by atoms with Crippen LogP contribution >= 0.6 is 0 Å². The molecule has 19 heavy (non-hydrogen) atoms. The summed E-state index contributed by atoms with van der Waals surface area (Å²) in [5.41, 5.74) is 2.03. The number of amides is 2. The van der Waals surface area contributed by atoms with Crippen molar-refractivity contribution < 1.29 is 14.7 Å². The summed E-state index contributed by atoms with van der Waals surface area (Å²) in [7, 11) is 0. The molecule has 5 heteroatoms. The number of hydrogen-bond acceptors (Lipinski definition) is 3. The summed E-state index contributed by atoms with van der Waals surface area (Å²) in [4.78, 5) is 23.2. The topological polar surface area (TPSA) is 78.4 Å². The maximum Gasteiger partial charge on any atom is 0.243 e. The summed E-state index contributed by atoms with van der Waals surface area (Å²) < 4.78 is 0. The Kier molecular flexibility index (Phi) is 2.98. The van der Waals surface area contributed by atoms with E-state index in [2.05, 4.69) is 10.6 Å². The monoisotopic (exact) mass is 260 g/mol. The maximum atomic E-state index is 12.1. The van der Waals surface area contributed by atoms with Gasteiger partial charge in [0, 0.05) is 12.8 Å². The number of benzene rings is 1. The molecule has 3 N–H and O–H groups in total. The van der Waals surface area contributed by atoms with E-state index < -0.39 is 12.1 Å². The molecule has 0 aromatic heterocycles. The lowest BCUT2D eigenvalue weighted by molar-refractivity contribution is -0.126. The number of aliphatic hydroxyl groups is 1. The largest absolute Gasteiger partial charge is 0.390 e. The Balaban J connectivity index is 1.73. The van der Waals surface area contributed by atoms with Crippen LogP contribution in [0, 0.1) is 0 Å². The second-order valence-corrected chi connectivity index (χ2v) is 5.12. The van der Waals surface area contributed by atoms with E-state index in [1.807, 2.05) is 24.3 Å². The summed E-state index contributed by atoms with van der Waals surface area (Å²) in [6.45, 7) is 0. The number of nitrogens with one attached hydrogen (secondary N) is 2. The molecule has 1 heterocycles. The zero-order valence-corrected chi connectivity index (χ0v) is 10.4. The van der Waals surface area contributed by atoms with Crippen molar-refractivity contribution in [1.82, 2.24) is 10.6 Å². The number of carbonyl (C=O) groups excluding carboxylic acids is 2. The lowest BCUT2D eigenvalue weighted by Gasteiger charge is -2.20. The highest BCUT2D eigenvalue weighted by atomic mass is 16.3. The van der Waals surface area contributed by atoms with Crippen LogP contribution < -0.4 is 10.6 Å². The minimum atomic E-state index is -0.599. The quantitative estimate of drug-likeness (QED) is 0.702. The smallest absolute Gasteiger partial charge is 0.243 e. The SMILES string of the molecule is O=C1CCC(C(=O)N[C@H]2c3ccccc3C[C@H]2O)N1. The van der Waals surface area contributed by atoms with Crippen LogP contribution in [0.1, 0.15) is 30.0 Å². The van der Waals surface area contributed by atoms with Crippen molar-refractivity contribution in [2.45, 2.75) is 37.5 Å². The van der Waals surface area contributed by atoms with E-state index in [-0.39, 0.29) is 17.9 Å². The zero-order valence-electron chi connectivity index (χ0n) is 10.4. The van der Waals surface area contributed by atoms with Crippen LogP contribution in [0.15, 0.2) is 24.3 Å². The van der Waals surface area contributed by atoms with Gasteiger partial charge in [-0.1, -0.05) is 24.3 Å². The third-order valence-electron chi connectivity index (χ3n) is 3.81. The normalized spacial score (nSPS) is 28.9. The predicted octanol–water partition coefficient (Wildman–Crippen LogP) is 0.0395. The third-order valence-corrected chi connectivity index (χ3v) is 3.81. The molecule has 1 aromatic carbocycles. The summed E-state index contributed by atoms with van der Waals surface area (Å²) in [5.74, 6) is -0.306. The van der Waals surface area contributed by atoms with E-state index in [9.17, 15) is 14.7 Å². The van der Waals surface area contributed by atoms with Gasteiger partial charge in [0.2, 0.25) is 11.8 Å². The van der Waals surface area contributed by atoms with Gasteiger partial charge in [-0.25, -0.2) is 0 Å². The highest BCUT2D eigenvalue weighted by molar-refractivity contribution is 5.91. The van der Waals surface area contributed by atoms with E-state index in [1.54, 1.807) is 0 Å². The number of carbonyl (C=O) groups is 2. The zero-order chi connectivity index (χ0) is 13.4. The fourth-order valence-electron chi connectivity index (χ4n) is 2.81. The van der Waals surface area contributed by atoms with Crippen molar-refractivity contribution in [2.75, 3.05) is 0 Å². The Bertz CT molecular complexity index is 529. The maximum absolute atomic E-state index is 12.1. The van der Waals surface area contributed by atoms with Gasteiger partial charge in [0.15, 0.2) is 0 Å². The number of aliphatic hydroxyl groups excluding tert-OH is 1. The van der Waals surface area contributed by atoms with Crippen molar-refractivity contribution in [3.63, 3.8) is 0 Å². The van der Waals surface area contributed by atoms with E-state index in [4.69, 9.17) is 0 Å². The van der Waals surface area contributed by atoms with E-state index in [1.165, 1.54) is 0 Å². The van der Waals surface area contributed by atoms with Gasteiger partial charge in [-0.05, 0) is 17.5 Å². The first-order valence-corrected chi connectivity index (χ1v) is 6.51. The number of rotatable bonds is 2. The molecule has 1 aliphatic carbocycles. The lowest BCUT2D eigenvalue weighted by atomic mass is 10.1. The molecule has 3 atom stereocenters. The fourth-order valence-corrected chi connectivity index (χ4v) is 2.81. The van der Waals surface area contributed by atoms with Gasteiger partial charge in [0.25, 0.3) is 0 Å². The molecule has 3 rings (SSSR count). The van der Waals surface area contributed by atoms with Gasteiger partial charge >= 0.3 is 0 Å². The lowest BCUT2D eigenvalue weighted by Crippen LogP contribution is -2.44. The van der Waals surface area contributed by atoms with E-state index in [0.29, 0.717) is 19.3 Å². The molecule has 1 saturated heterocycles. The molecule has 0 bridgehead atoms. The van der Waals surface area contributed by atoms with Crippen LogP contribution in [-0.2, 0) is 16.0 Å². The van der Waals surface area contributed by atoms with Crippen molar-refractivity contribution in [2.24, 2.45) is 0 Å². The Hall–Kier alpha value is -1.88. The first-order chi connectivity index (χ1) is 9.15. The van der Waals surface area contributed by atoms with Crippen molar-refractivity contribution in [3.05, 3.63) is 35.4 Å². The third kappa shape index (κ3) is 2.21. The van der Waals surface area contributed by atoms with Crippen LogP contribution in [-0.4, -0.2) is 29.1 Å². The Labute approximate surface area is 111 Å². The second kappa shape index (κ2) is 4.66. The molecule has 1 unspecified atom stereocenters. The highest BCUT2D eigenvalue weighted by Crippen LogP contribution is 2.31. The fraction of sp³-hybridized carbons (Fsp3) is 0.429. The predicted molar refractivity (Wildman–Crippen MR) is 68.2 cm³/mol. The number of hydrogen-bond donors (Lipinski definition) is 3. The van der Waals surface area contributed by atoms with Gasteiger partial charge in [-0.15, -0.1) is 0 Å². The second-order valence-electron chi connectivity index (χ2n) is 5.12. The molecule has 1 aromatic rings. The average Bonchev–Trinajstić information content (AvgIpc) is 2.95. The Morgan fingerprint density at radius 1 is 1.37 bits per heavy atom. The first kappa shape index (κ1) is 12.2. The Morgan fingerprint density at radius 3 is 2.89 bits per heavy atom. The summed E-state index contributed by atoms with van der Waals surface area (Å²) >= 11 is 0. The van der Waals surface area contributed by atoms with Crippen LogP contribution in [0.3, 0.4) is 0 Å². The van der Waals surface area contributed by atoms with Gasteiger partial charge in [-0.2, -0.15) is 0 Å². The molecule has 2 amide bonds. The van der Waals surface area contributed by atoms with Gasteiger partial charge in [-0.3, -0.25) is 9.59 Å². The number of fused-ring (bicyclic) bond motifs is 1. The molecule has 1 aliphatic heterocycles. The highest BCUT2D eigenvalue weighted by Gasteiger charge is 2.35. The molecule has 0 radical (unpaired) electrons. The van der Waals surface area contributed by atoms with Crippen LogP contribution in [0.25, 0.3) is 0 Å².